The van der Waals surface area contributed by atoms with E-state index >= 15 is 0 Å². The number of imide groups is 2. The van der Waals surface area contributed by atoms with Crippen LogP contribution in [0, 0.1) is 0 Å². The molecular formula is C34H46N2O9Si2. The summed E-state index contributed by atoms with van der Waals surface area (Å²) in [6.45, 7) is 17.0. The topological polar surface area (TPSA) is 148 Å². The Balaban J connectivity index is 0.000000256. The molecule has 2 saturated heterocycles. The predicted octanol–water partition coefficient (Wildman–Crippen LogP) is 4.03. The summed E-state index contributed by atoms with van der Waals surface area (Å²) in [4.78, 5) is 91.0. The van der Waals surface area contributed by atoms with Crippen LogP contribution in [0.1, 0.15) is 102 Å². The number of benzene rings is 2. The minimum Gasteiger partial charge on any atom is -0.427 e. The first kappa shape index (κ1) is 37.5. The van der Waals surface area contributed by atoms with Crippen molar-refractivity contribution >= 4 is 63.1 Å². The number of hydroxylamine groups is 4. The fourth-order valence-electron chi connectivity index (χ4n) is 6.17. The van der Waals surface area contributed by atoms with Crippen LogP contribution in [-0.2, 0) is 28.9 Å². The van der Waals surface area contributed by atoms with E-state index in [4.69, 9.17) is 9.68 Å². The van der Waals surface area contributed by atoms with Gasteiger partial charge in [0, 0.05) is 25.7 Å². The summed E-state index contributed by atoms with van der Waals surface area (Å²) < 4.78 is 0. The summed E-state index contributed by atoms with van der Waals surface area (Å²) in [5, 5.41) is 3.26. The fraction of sp³-hybridized carbons (Fsp3) is 0.471. The normalized spacial score (nSPS) is 15.4. The average molecular weight is 683 g/mol. The minimum atomic E-state index is -2.67. The lowest BCUT2D eigenvalue weighted by Crippen LogP contribution is -2.53. The largest absolute Gasteiger partial charge is 0.427 e. The molecule has 2 fully saturated rings. The van der Waals surface area contributed by atoms with Crippen LogP contribution in [0.15, 0.2) is 48.5 Å². The van der Waals surface area contributed by atoms with Gasteiger partial charge in [-0.25, -0.2) is 9.59 Å². The van der Waals surface area contributed by atoms with Crippen molar-refractivity contribution in [2.75, 3.05) is 0 Å². The zero-order valence-corrected chi connectivity index (χ0v) is 30.6. The van der Waals surface area contributed by atoms with Crippen molar-refractivity contribution in [2.45, 2.75) is 103 Å². The maximum Gasteiger partial charge on any atom is 0.363 e. The van der Waals surface area contributed by atoms with E-state index in [0.29, 0.717) is 26.8 Å². The van der Waals surface area contributed by atoms with Gasteiger partial charge in [0.25, 0.3) is 23.6 Å². The highest BCUT2D eigenvalue weighted by atomic mass is 28.4. The van der Waals surface area contributed by atoms with Crippen LogP contribution in [-0.4, -0.2) is 67.6 Å². The summed E-state index contributed by atoms with van der Waals surface area (Å²) in [5.41, 5.74) is 2.11. The van der Waals surface area contributed by atoms with Gasteiger partial charge in [-0.1, -0.05) is 84.8 Å². The first-order valence-corrected chi connectivity index (χ1v) is 20.1. The maximum atomic E-state index is 12.1. The van der Waals surface area contributed by atoms with Gasteiger partial charge in [0.05, 0.1) is 19.9 Å². The van der Waals surface area contributed by atoms with Gasteiger partial charge in [-0.2, -0.15) is 0 Å². The van der Waals surface area contributed by atoms with Crippen LogP contribution in [0.4, 0.5) is 0 Å². The van der Waals surface area contributed by atoms with Gasteiger partial charge in [-0.05, 0) is 51.6 Å². The third-order valence-corrected chi connectivity index (χ3v) is 17.5. The average Bonchev–Trinajstić information content (AvgIpc) is 3.51. The minimum absolute atomic E-state index is 0.0620. The Morgan fingerprint density at radius 2 is 0.936 bits per heavy atom. The molecule has 4 rings (SSSR count). The van der Waals surface area contributed by atoms with Gasteiger partial charge in [0.15, 0.2) is 0 Å². The van der Waals surface area contributed by atoms with Crippen LogP contribution in [0.2, 0.25) is 22.2 Å². The second kappa shape index (κ2) is 15.8. The summed E-state index contributed by atoms with van der Waals surface area (Å²) >= 11 is 0. The Morgan fingerprint density at radius 3 is 1.23 bits per heavy atom. The third kappa shape index (κ3) is 8.70. The van der Waals surface area contributed by atoms with Crippen LogP contribution in [0.5, 0.6) is 0 Å². The van der Waals surface area contributed by atoms with E-state index in [1.807, 2.05) is 39.8 Å². The maximum absolute atomic E-state index is 12.1. The van der Waals surface area contributed by atoms with Crippen LogP contribution >= 0.6 is 0 Å². The highest BCUT2D eigenvalue weighted by Crippen LogP contribution is 2.29. The Morgan fingerprint density at radius 1 is 0.617 bits per heavy atom. The molecule has 13 heteroatoms. The summed E-state index contributed by atoms with van der Waals surface area (Å²) in [5.74, 6) is -3.38. The second-order valence-electron chi connectivity index (χ2n) is 13.3. The van der Waals surface area contributed by atoms with Crippen molar-refractivity contribution in [3.8, 4) is 0 Å². The smallest absolute Gasteiger partial charge is 0.363 e. The number of hydrogen-bond donors (Lipinski definition) is 1. The number of amides is 4. The van der Waals surface area contributed by atoms with E-state index < -0.39 is 52.7 Å². The summed E-state index contributed by atoms with van der Waals surface area (Å²) in [7, 11) is -3.78. The van der Waals surface area contributed by atoms with Gasteiger partial charge in [-0.15, -0.1) is 10.1 Å². The van der Waals surface area contributed by atoms with Gasteiger partial charge < -0.3 is 14.5 Å². The number of nitrogens with zero attached hydrogens (tertiary/aromatic N) is 2. The number of rotatable bonds is 10. The highest BCUT2D eigenvalue weighted by Gasteiger charge is 2.41. The van der Waals surface area contributed by atoms with E-state index in [2.05, 4.69) is 27.7 Å². The molecule has 0 atom stereocenters. The van der Waals surface area contributed by atoms with Gasteiger partial charge in [0.2, 0.25) is 8.32 Å². The standard InChI is InChI=1S/C17H23NO5Si.C17H23NO4Si/c1-11(2)24(22,12(3)4)14-7-5-13(6-8-14)17(21)23-18-15(19)9-10-16(18)20;1-11(2)23(12(3)4)14-7-5-13(6-8-14)17(21)22-18-15(19)9-10-16(18)20/h5-8,11-12,22H,9-10H2,1-4H3;5-8,11-12,23H,9-10H2,1-4H3. The molecule has 1 N–H and O–H groups in total. The molecule has 2 aromatic rings. The lowest BCUT2D eigenvalue weighted by atomic mass is 10.2. The van der Waals surface area contributed by atoms with Crippen molar-refractivity contribution in [1.82, 2.24) is 10.1 Å². The predicted molar refractivity (Wildman–Crippen MR) is 181 cm³/mol. The van der Waals surface area contributed by atoms with E-state index in [0.717, 1.165) is 5.19 Å². The zero-order valence-electron chi connectivity index (χ0n) is 28.4. The lowest BCUT2D eigenvalue weighted by Gasteiger charge is -2.33. The molecule has 0 aliphatic carbocycles. The molecular weight excluding hydrogens is 637 g/mol. The van der Waals surface area contributed by atoms with Gasteiger partial charge in [-0.3, -0.25) is 19.2 Å². The van der Waals surface area contributed by atoms with E-state index in [-0.39, 0.29) is 42.3 Å². The van der Waals surface area contributed by atoms with Crippen molar-refractivity contribution in [3.63, 3.8) is 0 Å². The monoisotopic (exact) mass is 682 g/mol. The molecule has 0 unspecified atom stereocenters. The molecule has 0 spiro atoms. The van der Waals surface area contributed by atoms with E-state index in [1.54, 1.807) is 36.4 Å². The zero-order chi connectivity index (χ0) is 35.2. The van der Waals surface area contributed by atoms with Crippen molar-refractivity contribution in [2.24, 2.45) is 0 Å². The molecule has 2 aromatic carbocycles. The van der Waals surface area contributed by atoms with Crippen molar-refractivity contribution < 1.29 is 43.2 Å². The van der Waals surface area contributed by atoms with Gasteiger partial charge >= 0.3 is 11.9 Å². The van der Waals surface area contributed by atoms with Crippen LogP contribution in [0.3, 0.4) is 0 Å². The van der Waals surface area contributed by atoms with Crippen molar-refractivity contribution in [1.29, 1.82) is 0 Å². The van der Waals surface area contributed by atoms with Crippen LogP contribution < -0.4 is 10.4 Å². The summed E-state index contributed by atoms with van der Waals surface area (Å²) in [6.07, 6.45) is 0.321. The number of carbonyl (C=O) groups is 6. The molecule has 11 nitrogen and oxygen atoms in total. The number of carbonyl (C=O) groups excluding carboxylic acids is 6. The molecule has 0 bridgehead atoms. The van der Waals surface area contributed by atoms with E-state index in [9.17, 15) is 33.6 Å². The molecule has 4 amide bonds. The second-order valence-corrected chi connectivity index (χ2v) is 22.2. The molecule has 0 radical (unpaired) electrons. The van der Waals surface area contributed by atoms with E-state index in [1.165, 1.54) is 5.19 Å². The molecule has 2 heterocycles. The molecule has 2 aliphatic rings. The van der Waals surface area contributed by atoms with Crippen molar-refractivity contribution in [3.05, 3.63) is 59.7 Å². The molecule has 47 heavy (non-hydrogen) atoms. The summed E-state index contributed by atoms with van der Waals surface area (Å²) in [6, 6.07) is 14.0. The molecule has 0 aromatic heterocycles. The SMILES string of the molecule is CC(C)[SiH](c1ccc(C(=O)ON2C(=O)CCC2=O)cc1)C(C)C.CC(C)[Si](O)(c1ccc(C(=O)ON2C(=O)CCC2=O)cc1)C(C)C. The number of hydrogen-bond acceptors (Lipinski definition) is 9. The Hall–Kier alpha value is -3.95. The third-order valence-electron chi connectivity index (χ3n) is 8.67. The Kier molecular flexibility index (Phi) is 12.6. The molecule has 2 aliphatic heterocycles. The fourth-order valence-corrected chi connectivity index (χ4v) is 13.3. The van der Waals surface area contributed by atoms with Gasteiger partial charge in [0.1, 0.15) is 0 Å². The Labute approximate surface area is 278 Å². The van der Waals surface area contributed by atoms with Crippen LogP contribution in [0.25, 0.3) is 0 Å². The molecule has 0 saturated carbocycles. The Bertz CT molecular complexity index is 1440. The molecule has 254 valence electrons. The highest BCUT2D eigenvalue weighted by molar-refractivity contribution is 6.87. The lowest BCUT2D eigenvalue weighted by molar-refractivity contribution is -0.173. The first-order chi connectivity index (χ1) is 22.0. The first-order valence-electron chi connectivity index (χ1n) is 16.1. The quantitative estimate of drug-likeness (QED) is 0.290.